The Hall–Kier alpha value is -1.13. The molecule has 1 aliphatic rings. The highest BCUT2D eigenvalue weighted by atomic mass is 16.3. The van der Waals surface area contributed by atoms with E-state index < -0.39 is 0 Å². The van der Waals surface area contributed by atoms with Crippen molar-refractivity contribution in [2.75, 3.05) is 26.2 Å². The van der Waals surface area contributed by atoms with Crippen molar-refractivity contribution in [2.45, 2.75) is 26.7 Å². The van der Waals surface area contributed by atoms with Gasteiger partial charge in [0.1, 0.15) is 0 Å². The lowest BCUT2D eigenvalue weighted by molar-refractivity contribution is 0.0833. The first-order valence-electron chi connectivity index (χ1n) is 6.62. The molecule has 1 aromatic rings. The number of hydrogen-bond donors (Lipinski definition) is 2. The number of aryl methyl sites for hydroxylation is 2. The predicted molar refractivity (Wildman–Crippen MR) is 70.8 cm³/mol. The summed E-state index contributed by atoms with van der Waals surface area (Å²) in [4.78, 5) is 17.5. The van der Waals surface area contributed by atoms with E-state index in [0.29, 0.717) is 12.5 Å². The molecular formula is C14H22N2O2. The first-order chi connectivity index (χ1) is 8.60. The number of likely N-dealkylation sites (tertiary alicyclic amines) is 1. The van der Waals surface area contributed by atoms with Crippen molar-refractivity contribution >= 4 is 5.78 Å². The van der Waals surface area contributed by atoms with Crippen LogP contribution >= 0.6 is 0 Å². The number of piperidine rings is 1. The summed E-state index contributed by atoms with van der Waals surface area (Å²) in [6.45, 7) is 6.40. The van der Waals surface area contributed by atoms with Gasteiger partial charge in [0.15, 0.2) is 5.78 Å². The quantitative estimate of drug-likeness (QED) is 0.797. The number of H-pyrrole nitrogens is 1. The standard InChI is InChI=1S/C14H22N2O2/c1-10-6-13(11(2)15-10)14(18)8-16-5-3-4-12(7-16)9-17/h6,12,15,17H,3-5,7-9H2,1-2H3. The maximum absolute atomic E-state index is 12.2. The average molecular weight is 250 g/mol. The Morgan fingerprint density at radius 2 is 2.33 bits per heavy atom. The number of aromatic amines is 1. The number of aliphatic hydroxyl groups excluding tert-OH is 1. The lowest BCUT2D eigenvalue weighted by atomic mass is 9.98. The minimum atomic E-state index is 0.176. The second kappa shape index (κ2) is 5.67. The molecule has 100 valence electrons. The van der Waals surface area contributed by atoms with Gasteiger partial charge in [-0.1, -0.05) is 0 Å². The second-order valence-corrected chi connectivity index (χ2v) is 5.34. The van der Waals surface area contributed by atoms with Crippen molar-refractivity contribution < 1.29 is 9.90 Å². The van der Waals surface area contributed by atoms with Crippen LogP contribution in [0.2, 0.25) is 0 Å². The van der Waals surface area contributed by atoms with E-state index in [9.17, 15) is 9.90 Å². The summed E-state index contributed by atoms with van der Waals surface area (Å²) in [7, 11) is 0. The number of rotatable bonds is 4. The Morgan fingerprint density at radius 1 is 1.56 bits per heavy atom. The van der Waals surface area contributed by atoms with Crippen LogP contribution in [0, 0.1) is 19.8 Å². The number of hydrogen-bond acceptors (Lipinski definition) is 3. The number of aromatic nitrogens is 1. The zero-order valence-electron chi connectivity index (χ0n) is 11.2. The lowest BCUT2D eigenvalue weighted by Crippen LogP contribution is -2.39. The van der Waals surface area contributed by atoms with Gasteiger partial charge >= 0.3 is 0 Å². The molecule has 1 aliphatic heterocycles. The molecule has 1 fully saturated rings. The molecule has 0 radical (unpaired) electrons. The predicted octanol–water partition coefficient (Wildman–Crippen LogP) is 1.52. The number of nitrogens with zero attached hydrogens (tertiary/aromatic N) is 1. The van der Waals surface area contributed by atoms with Crippen LogP contribution in [0.1, 0.15) is 34.6 Å². The maximum Gasteiger partial charge on any atom is 0.178 e. The number of carbonyl (C=O) groups is 1. The van der Waals surface area contributed by atoms with E-state index >= 15 is 0 Å². The number of Topliss-reactive ketones (excluding diaryl/α,β-unsaturated/α-hetero) is 1. The van der Waals surface area contributed by atoms with Gasteiger partial charge in [-0.05, 0) is 45.2 Å². The lowest BCUT2D eigenvalue weighted by Gasteiger charge is -2.31. The molecule has 18 heavy (non-hydrogen) atoms. The number of ketones is 1. The van der Waals surface area contributed by atoms with Crippen LogP contribution in [-0.4, -0.2) is 47.0 Å². The van der Waals surface area contributed by atoms with E-state index in [0.717, 1.165) is 42.9 Å². The molecule has 2 heterocycles. The van der Waals surface area contributed by atoms with Gasteiger partial charge in [-0.15, -0.1) is 0 Å². The summed E-state index contributed by atoms with van der Waals surface area (Å²) in [6, 6.07) is 1.92. The molecular weight excluding hydrogens is 228 g/mol. The summed E-state index contributed by atoms with van der Waals surface area (Å²) >= 11 is 0. The maximum atomic E-state index is 12.2. The molecule has 2 N–H and O–H groups in total. The fourth-order valence-corrected chi connectivity index (χ4v) is 2.75. The van der Waals surface area contributed by atoms with Crippen molar-refractivity contribution in [3.63, 3.8) is 0 Å². The SMILES string of the molecule is Cc1cc(C(=O)CN2CCCC(CO)C2)c(C)[nH]1. The van der Waals surface area contributed by atoms with Crippen molar-refractivity contribution in [3.05, 3.63) is 23.0 Å². The smallest absolute Gasteiger partial charge is 0.178 e. The van der Waals surface area contributed by atoms with Gasteiger partial charge in [0.2, 0.25) is 0 Å². The highest BCUT2D eigenvalue weighted by molar-refractivity contribution is 5.98. The molecule has 1 atom stereocenters. The topological polar surface area (TPSA) is 56.3 Å². The molecule has 0 saturated carbocycles. The third-order valence-corrected chi connectivity index (χ3v) is 3.68. The first-order valence-corrected chi connectivity index (χ1v) is 6.62. The van der Waals surface area contributed by atoms with Crippen LogP contribution < -0.4 is 0 Å². The van der Waals surface area contributed by atoms with E-state index in [1.807, 2.05) is 19.9 Å². The van der Waals surface area contributed by atoms with Crippen LogP contribution in [0.25, 0.3) is 0 Å². The molecule has 0 spiro atoms. The van der Waals surface area contributed by atoms with Gasteiger partial charge in [-0.2, -0.15) is 0 Å². The normalized spacial score (nSPS) is 21.2. The van der Waals surface area contributed by atoms with Crippen LogP contribution in [0.15, 0.2) is 6.07 Å². The van der Waals surface area contributed by atoms with Crippen molar-refractivity contribution in [1.82, 2.24) is 9.88 Å². The minimum Gasteiger partial charge on any atom is -0.396 e. The monoisotopic (exact) mass is 250 g/mol. The molecule has 0 amide bonds. The van der Waals surface area contributed by atoms with E-state index in [4.69, 9.17) is 0 Å². The van der Waals surface area contributed by atoms with Crippen LogP contribution in [0.3, 0.4) is 0 Å². The highest BCUT2D eigenvalue weighted by Gasteiger charge is 2.22. The molecule has 1 saturated heterocycles. The summed E-state index contributed by atoms with van der Waals surface area (Å²) in [5.41, 5.74) is 2.79. The number of aliphatic hydroxyl groups is 1. The Balaban J connectivity index is 1.97. The zero-order chi connectivity index (χ0) is 13.1. The summed E-state index contributed by atoms with van der Waals surface area (Å²) in [6.07, 6.45) is 2.15. The molecule has 1 unspecified atom stereocenters. The van der Waals surface area contributed by atoms with Gasteiger partial charge in [-0.25, -0.2) is 0 Å². The molecule has 4 heteroatoms. The first kappa shape index (κ1) is 13.3. The zero-order valence-corrected chi connectivity index (χ0v) is 11.2. The minimum absolute atomic E-state index is 0.176. The van der Waals surface area contributed by atoms with Gasteiger partial charge in [-0.3, -0.25) is 9.69 Å². The third-order valence-electron chi connectivity index (χ3n) is 3.68. The Bertz CT molecular complexity index is 425. The summed E-state index contributed by atoms with van der Waals surface area (Å²) in [5.74, 6) is 0.510. The van der Waals surface area contributed by atoms with E-state index in [1.54, 1.807) is 0 Å². The van der Waals surface area contributed by atoms with E-state index in [1.165, 1.54) is 0 Å². The molecule has 1 aromatic heterocycles. The summed E-state index contributed by atoms with van der Waals surface area (Å²) in [5, 5.41) is 9.19. The number of nitrogens with one attached hydrogen (secondary N) is 1. The van der Waals surface area contributed by atoms with Crippen molar-refractivity contribution in [3.8, 4) is 0 Å². The fraction of sp³-hybridized carbons (Fsp3) is 0.643. The molecule has 0 aliphatic carbocycles. The van der Waals surface area contributed by atoms with Gasteiger partial charge in [0.25, 0.3) is 0 Å². The van der Waals surface area contributed by atoms with Crippen LogP contribution in [0.4, 0.5) is 0 Å². The van der Waals surface area contributed by atoms with E-state index in [2.05, 4.69) is 9.88 Å². The van der Waals surface area contributed by atoms with Crippen LogP contribution in [0.5, 0.6) is 0 Å². The number of carbonyl (C=O) groups excluding carboxylic acids is 1. The van der Waals surface area contributed by atoms with Crippen molar-refractivity contribution in [1.29, 1.82) is 0 Å². The van der Waals surface area contributed by atoms with Gasteiger partial charge in [0, 0.05) is 30.1 Å². The highest BCUT2D eigenvalue weighted by Crippen LogP contribution is 2.17. The molecule has 2 rings (SSSR count). The van der Waals surface area contributed by atoms with Gasteiger partial charge < -0.3 is 10.1 Å². The van der Waals surface area contributed by atoms with E-state index in [-0.39, 0.29) is 12.4 Å². The second-order valence-electron chi connectivity index (χ2n) is 5.34. The average Bonchev–Trinajstić information content (AvgIpc) is 2.69. The summed E-state index contributed by atoms with van der Waals surface area (Å²) < 4.78 is 0. The Labute approximate surface area is 108 Å². The molecule has 4 nitrogen and oxygen atoms in total. The largest absolute Gasteiger partial charge is 0.396 e. The fourth-order valence-electron chi connectivity index (χ4n) is 2.75. The van der Waals surface area contributed by atoms with Crippen molar-refractivity contribution in [2.24, 2.45) is 5.92 Å². The Kier molecular flexibility index (Phi) is 4.19. The third kappa shape index (κ3) is 3.00. The molecule has 0 bridgehead atoms. The Morgan fingerprint density at radius 3 is 2.94 bits per heavy atom. The van der Waals surface area contributed by atoms with Crippen LogP contribution in [-0.2, 0) is 0 Å². The molecule has 0 aromatic carbocycles. The van der Waals surface area contributed by atoms with Gasteiger partial charge in [0.05, 0.1) is 6.54 Å².